The van der Waals surface area contributed by atoms with E-state index in [1.165, 1.54) is 16.7 Å². The van der Waals surface area contributed by atoms with Gasteiger partial charge in [-0.2, -0.15) is 0 Å². The molecule has 0 amide bonds. The van der Waals surface area contributed by atoms with E-state index in [-0.39, 0.29) is 12.4 Å². The monoisotopic (exact) mass is 452 g/mol. The normalized spacial score (nSPS) is 17.9. The topological polar surface area (TPSA) is 67.9 Å². The SMILES string of the molecule is COc1cc2c3c(c1OC)CCC3N(CCCNS(=O)(=O)c1ccccc1)CC2.Cl. The van der Waals surface area contributed by atoms with Crippen LogP contribution in [0.3, 0.4) is 0 Å². The van der Waals surface area contributed by atoms with Crippen LogP contribution in [0.5, 0.6) is 11.5 Å². The summed E-state index contributed by atoms with van der Waals surface area (Å²) in [7, 11) is -0.0449. The van der Waals surface area contributed by atoms with Gasteiger partial charge in [0.1, 0.15) is 0 Å². The molecule has 2 aliphatic rings. The molecule has 1 N–H and O–H groups in total. The van der Waals surface area contributed by atoms with E-state index in [2.05, 4.69) is 15.7 Å². The highest BCUT2D eigenvalue weighted by Crippen LogP contribution is 2.48. The summed E-state index contributed by atoms with van der Waals surface area (Å²) in [5, 5.41) is 0. The summed E-state index contributed by atoms with van der Waals surface area (Å²) in [6.07, 6.45) is 3.82. The van der Waals surface area contributed by atoms with E-state index in [1.54, 1.807) is 38.5 Å². The second-order valence-electron chi connectivity index (χ2n) is 7.57. The summed E-state index contributed by atoms with van der Waals surface area (Å²) in [5.74, 6) is 1.69. The molecule has 0 aromatic heterocycles. The van der Waals surface area contributed by atoms with Crippen LogP contribution in [0.15, 0.2) is 41.3 Å². The lowest BCUT2D eigenvalue weighted by atomic mass is 9.92. The molecule has 2 aromatic rings. The number of sulfonamides is 1. The van der Waals surface area contributed by atoms with E-state index in [1.807, 2.05) is 6.07 Å². The molecule has 1 aliphatic carbocycles. The molecule has 1 heterocycles. The van der Waals surface area contributed by atoms with Gasteiger partial charge in [0.15, 0.2) is 11.5 Å². The van der Waals surface area contributed by atoms with E-state index in [9.17, 15) is 8.42 Å². The molecule has 0 fully saturated rings. The molecule has 0 saturated heterocycles. The molecule has 4 rings (SSSR count). The Morgan fingerprint density at radius 2 is 1.90 bits per heavy atom. The van der Waals surface area contributed by atoms with Crippen LogP contribution in [-0.4, -0.2) is 47.2 Å². The van der Waals surface area contributed by atoms with Gasteiger partial charge in [0.2, 0.25) is 10.0 Å². The molecule has 1 unspecified atom stereocenters. The number of halogens is 1. The lowest BCUT2D eigenvalue weighted by molar-refractivity contribution is 0.184. The van der Waals surface area contributed by atoms with E-state index >= 15 is 0 Å². The Hall–Kier alpha value is -1.80. The number of rotatable bonds is 8. The zero-order valence-corrected chi connectivity index (χ0v) is 19.0. The number of benzene rings is 2. The number of nitrogens with zero attached hydrogens (tertiary/aromatic N) is 1. The number of methoxy groups -OCH3 is 2. The molecule has 0 saturated carbocycles. The fraction of sp³-hybridized carbons (Fsp3) is 0.455. The minimum Gasteiger partial charge on any atom is -0.493 e. The van der Waals surface area contributed by atoms with Crippen molar-refractivity contribution in [3.05, 3.63) is 53.1 Å². The first-order valence-electron chi connectivity index (χ1n) is 10.1. The number of ether oxygens (including phenoxy) is 2. The van der Waals surface area contributed by atoms with Gasteiger partial charge >= 0.3 is 0 Å². The molecular formula is C22H29ClN2O4S. The van der Waals surface area contributed by atoms with Crippen LogP contribution in [0, 0.1) is 0 Å². The van der Waals surface area contributed by atoms with Gasteiger partial charge < -0.3 is 9.47 Å². The van der Waals surface area contributed by atoms with Gasteiger partial charge in [0.05, 0.1) is 19.1 Å². The predicted molar refractivity (Wildman–Crippen MR) is 119 cm³/mol. The smallest absolute Gasteiger partial charge is 0.240 e. The Labute approximate surface area is 185 Å². The molecule has 6 nitrogen and oxygen atoms in total. The summed E-state index contributed by atoms with van der Waals surface area (Å²) in [6, 6.07) is 11.0. The molecule has 1 aliphatic heterocycles. The van der Waals surface area contributed by atoms with Crippen molar-refractivity contribution >= 4 is 22.4 Å². The molecule has 0 bridgehead atoms. The second kappa shape index (κ2) is 9.56. The minimum atomic E-state index is -3.44. The third kappa shape index (κ3) is 4.30. The van der Waals surface area contributed by atoms with Gasteiger partial charge in [-0.25, -0.2) is 13.1 Å². The zero-order chi connectivity index (χ0) is 20.4. The maximum absolute atomic E-state index is 12.4. The highest BCUT2D eigenvalue weighted by Gasteiger charge is 2.36. The standard InChI is InChI=1S/C22H28N2O4S.ClH/c1-27-20-15-16-11-14-24(19-10-9-18(21(16)19)22(20)28-2)13-6-12-23-29(25,26)17-7-4-3-5-8-17;/h3-5,7-8,15,19,23H,6,9-14H2,1-2H3;1H. The van der Waals surface area contributed by atoms with Crippen molar-refractivity contribution in [1.82, 2.24) is 9.62 Å². The van der Waals surface area contributed by atoms with Crippen molar-refractivity contribution in [3.8, 4) is 11.5 Å². The van der Waals surface area contributed by atoms with E-state index in [4.69, 9.17) is 9.47 Å². The summed E-state index contributed by atoms with van der Waals surface area (Å²) in [5.41, 5.74) is 4.04. The molecule has 8 heteroatoms. The lowest BCUT2D eigenvalue weighted by Gasteiger charge is -2.35. The fourth-order valence-corrected chi connectivity index (χ4v) is 5.76. The maximum Gasteiger partial charge on any atom is 0.240 e. The number of hydrogen-bond donors (Lipinski definition) is 1. The molecule has 164 valence electrons. The van der Waals surface area contributed by atoms with Gasteiger partial charge in [0.25, 0.3) is 0 Å². The van der Waals surface area contributed by atoms with Gasteiger partial charge in [-0.15, -0.1) is 12.4 Å². The summed E-state index contributed by atoms with van der Waals surface area (Å²) in [4.78, 5) is 2.80. The third-order valence-electron chi connectivity index (χ3n) is 5.98. The Balaban J connectivity index is 0.00000256. The first-order chi connectivity index (χ1) is 14.0. The van der Waals surface area contributed by atoms with E-state index in [0.29, 0.717) is 17.5 Å². The minimum absolute atomic E-state index is 0. The van der Waals surface area contributed by atoms with E-state index < -0.39 is 10.0 Å². The van der Waals surface area contributed by atoms with Crippen LogP contribution in [0.2, 0.25) is 0 Å². The van der Waals surface area contributed by atoms with Gasteiger partial charge in [0, 0.05) is 31.2 Å². The predicted octanol–water partition coefficient (Wildman–Crippen LogP) is 3.34. The van der Waals surface area contributed by atoms with Crippen molar-refractivity contribution in [2.24, 2.45) is 0 Å². The Kier molecular flexibility index (Phi) is 7.29. The van der Waals surface area contributed by atoms with Crippen LogP contribution < -0.4 is 14.2 Å². The third-order valence-corrected chi connectivity index (χ3v) is 7.45. The van der Waals surface area contributed by atoms with Crippen molar-refractivity contribution in [1.29, 1.82) is 0 Å². The van der Waals surface area contributed by atoms with Crippen LogP contribution in [0.25, 0.3) is 0 Å². The molecule has 1 atom stereocenters. The van der Waals surface area contributed by atoms with Crippen LogP contribution in [0.4, 0.5) is 0 Å². The molecule has 0 radical (unpaired) electrons. The first-order valence-corrected chi connectivity index (χ1v) is 11.6. The van der Waals surface area contributed by atoms with Crippen molar-refractivity contribution < 1.29 is 17.9 Å². The summed E-state index contributed by atoms with van der Waals surface area (Å²) >= 11 is 0. The Bertz CT molecular complexity index is 982. The van der Waals surface area contributed by atoms with Crippen LogP contribution >= 0.6 is 12.4 Å². The van der Waals surface area contributed by atoms with Crippen molar-refractivity contribution in [3.63, 3.8) is 0 Å². The number of hydrogen-bond acceptors (Lipinski definition) is 5. The Morgan fingerprint density at radius 1 is 1.13 bits per heavy atom. The quantitative estimate of drug-likeness (QED) is 0.622. The second-order valence-corrected chi connectivity index (χ2v) is 9.34. The van der Waals surface area contributed by atoms with E-state index in [0.717, 1.165) is 50.3 Å². The largest absolute Gasteiger partial charge is 0.493 e. The Morgan fingerprint density at radius 3 is 2.60 bits per heavy atom. The highest BCUT2D eigenvalue weighted by molar-refractivity contribution is 7.89. The average Bonchev–Trinajstić information content (AvgIpc) is 3.19. The molecular weight excluding hydrogens is 424 g/mol. The van der Waals surface area contributed by atoms with Crippen molar-refractivity contribution in [2.75, 3.05) is 33.9 Å². The summed E-state index contributed by atoms with van der Waals surface area (Å²) in [6.45, 7) is 2.29. The van der Waals surface area contributed by atoms with Gasteiger partial charge in [-0.3, -0.25) is 4.90 Å². The van der Waals surface area contributed by atoms with Crippen LogP contribution in [0.1, 0.15) is 35.6 Å². The fourth-order valence-electron chi connectivity index (χ4n) is 4.66. The first kappa shape index (κ1) is 22.9. The van der Waals surface area contributed by atoms with Gasteiger partial charge in [-0.05, 0) is 55.0 Å². The molecule has 0 spiro atoms. The maximum atomic E-state index is 12.4. The molecule has 30 heavy (non-hydrogen) atoms. The summed E-state index contributed by atoms with van der Waals surface area (Å²) < 4.78 is 38.6. The van der Waals surface area contributed by atoms with Crippen molar-refractivity contribution in [2.45, 2.75) is 36.6 Å². The lowest BCUT2D eigenvalue weighted by Crippen LogP contribution is -2.36. The number of nitrogens with one attached hydrogen (secondary N) is 1. The average molecular weight is 453 g/mol. The molecule has 2 aromatic carbocycles. The highest BCUT2D eigenvalue weighted by atomic mass is 35.5. The zero-order valence-electron chi connectivity index (χ0n) is 17.4. The van der Waals surface area contributed by atoms with Crippen LogP contribution in [-0.2, 0) is 22.9 Å². The van der Waals surface area contributed by atoms with Gasteiger partial charge in [-0.1, -0.05) is 18.2 Å².